The third kappa shape index (κ3) is 2.10. The summed E-state index contributed by atoms with van der Waals surface area (Å²) in [4.78, 5) is 3.97. The lowest BCUT2D eigenvalue weighted by atomic mass is 10.2. The van der Waals surface area contributed by atoms with E-state index in [4.69, 9.17) is 11.0 Å². The number of nitrogen functional groups attached to an aromatic ring is 1. The number of nitriles is 1. The molecule has 0 saturated carbocycles. The summed E-state index contributed by atoms with van der Waals surface area (Å²) >= 11 is 0. The predicted molar refractivity (Wildman–Crippen MR) is 63.1 cm³/mol. The van der Waals surface area contributed by atoms with Gasteiger partial charge in [0.15, 0.2) is 0 Å². The second-order valence-corrected chi connectivity index (χ2v) is 3.28. The van der Waals surface area contributed by atoms with Crippen LogP contribution in [0.4, 0.5) is 17.1 Å². The second kappa shape index (κ2) is 4.32. The summed E-state index contributed by atoms with van der Waals surface area (Å²) in [7, 11) is 0. The van der Waals surface area contributed by atoms with Crippen molar-refractivity contribution >= 4 is 17.1 Å². The molecule has 0 amide bonds. The minimum Gasteiger partial charge on any atom is -0.399 e. The molecular formula is C12H10N4. The summed E-state index contributed by atoms with van der Waals surface area (Å²) in [5, 5.41) is 12.0. The molecule has 78 valence electrons. The predicted octanol–water partition coefficient (Wildman–Crippen LogP) is 2.28. The molecule has 0 fully saturated rings. The Hall–Kier alpha value is -2.54. The van der Waals surface area contributed by atoms with Gasteiger partial charge in [0, 0.05) is 17.6 Å². The molecule has 0 radical (unpaired) electrons. The van der Waals surface area contributed by atoms with Crippen LogP contribution in [0.15, 0.2) is 42.7 Å². The zero-order chi connectivity index (χ0) is 11.4. The molecule has 2 aromatic rings. The third-order valence-electron chi connectivity index (χ3n) is 2.11. The van der Waals surface area contributed by atoms with Gasteiger partial charge in [-0.15, -0.1) is 0 Å². The van der Waals surface area contributed by atoms with Crippen LogP contribution in [0.2, 0.25) is 0 Å². The summed E-state index contributed by atoms with van der Waals surface area (Å²) in [5.41, 5.74) is 8.40. The number of hydrogen-bond donors (Lipinski definition) is 2. The van der Waals surface area contributed by atoms with Crippen molar-refractivity contribution in [1.29, 1.82) is 5.26 Å². The number of benzene rings is 1. The largest absolute Gasteiger partial charge is 0.399 e. The molecular weight excluding hydrogens is 200 g/mol. The summed E-state index contributed by atoms with van der Waals surface area (Å²) < 4.78 is 0. The Morgan fingerprint density at radius 2 is 2.19 bits per heavy atom. The normalized spacial score (nSPS) is 9.44. The van der Waals surface area contributed by atoms with Crippen molar-refractivity contribution in [2.75, 3.05) is 11.1 Å². The van der Waals surface area contributed by atoms with E-state index in [0.29, 0.717) is 16.9 Å². The van der Waals surface area contributed by atoms with Crippen LogP contribution in [0.5, 0.6) is 0 Å². The van der Waals surface area contributed by atoms with Gasteiger partial charge in [-0.3, -0.25) is 4.98 Å². The van der Waals surface area contributed by atoms with E-state index in [0.717, 1.165) is 5.69 Å². The van der Waals surface area contributed by atoms with E-state index in [2.05, 4.69) is 16.4 Å². The summed E-state index contributed by atoms with van der Waals surface area (Å²) in [6.07, 6.45) is 3.20. The van der Waals surface area contributed by atoms with Gasteiger partial charge in [-0.1, -0.05) is 6.07 Å². The lowest BCUT2D eigenvalue weighted by molar-refractivity contribution is 1.30. The maximum atomic E-state index is 8.91. The maximum Gasteiger partial charge on any atom is 0.101 e. The van der Waals surface area contributed by atoms with Crippen molar-refractivity contribution in [2.45, 2.75) is 0 Å². The SMILES string of the molecule is N#Cc1ccncc1Nc1cccc(N)c1. The zero-order valence-electron chi connectivity index (χ0n) is 8.51. The highest BCUT2D eigenvalue weighted by molar-refractivity contribution is 5.67. The number of pyridine rings is 1. The number of nitrogens with one attached hydrogen (secondary N) is 1. The van der Waals surface area contributed by atoms with Crippen molar-refractivity contribution in [3.05, 3.63) is 48.3 Å². The highest BCUT2D eigenvalue weighted by Crippen LogP contribution is 2.20. The fourth-order valence-corrected chi connectivity index (χ4v) is 1.36. The van der Waals surface area contributed by atoms with Crippen molar-refractivity contribution in [2.24, 2.45) is 0 Å². The first-order valence-electron chi connectivity index (χ1n) is 4.76. The van der Waals surface area contributed by atoms with Gasteiger partial charge in [0.05, 0.1) is 17.4 Å². The third-order valence-corrected chi connectivity index (χ3v) is 2.11. The minimum absolute atomic E-state index is 0.553. The van der Waals surface area contributed by atoms with E-state index in [1.165, 1.54) is 0 Å². The fraction of sp³-hybridized carbons (Fsp3) is 0. The van der Waals surface area contributed by atoms with Crippen molar-refractivity contribution < 1.29 is 0 Å². The quantitative estimate of drug-likeness (QED) is 0.745. The van der Waals surface area contributed by atoms with Crippen LogP contribution in [0.3, 0.4) is 0 Å². The number of rotatable bonds is 2. The molecule has 0 saturated heterocycles. The van der Waals surface area contributed by atoms with Crippen molar-refractivity contribution in [3.63, 3.8) is 0 Å². The van der Waals surface area contributed by atoms with E-state index < -0.39 is 0 Å². The molecule has 0 aliphatic heterocycles. The lowest BCUT2D eigenvalue weighted by Crippen LogP contribution is -1.95. The first kappa shape index (κ1) is 9.99. The van der Waals surface area contributed by atoms with E-state index >= 15 is 0 Å². The van der Waals surface area contributed by atoms with E-state index in [9.17, 15) is 0 Å². The van der Waals surface area contributed by atoms with Crippen molar-refractivity contribution in [3.8, 4) is 6.07 Å². The highest BCUT2D eigenvalue weighted by Gasteiger charge is 2.01. The molecule has 0 atom stereocenters. The van der Waals surface area contributed by atoms with Crippen LogP contribution >= 0.6 is 0 Å². The number of nitrogens with zero attached hydrogens (tertiary/aromatic N) is 2. The van der Waals surface area contributed by atoms with Crippen LogP contribution < -0.4 is 11.1 Å². The van der Waals surface area contributed by atoms with Crippen LogP contribution in [-0.2, 0) is 0 Å². The van der Waals surface area contributed by atoms with Gasteiger partial charge in [0.25, 0.3) is 0 Å². The van der Waals surface area contributed by atoms with Crippen molar-refractivity contribution in [1.82, 2.24) is 4.98 Å². The van der Waals surface area contributed by atoms with Gasteiger partial charge in [0.1, 0.15) is 6.07 Å². The topological polar surface area (TPSA) is 74.7 Å². The monoisotopic (exact) mass is 210 g/mol. The average molecular weight is 210 g/mol. The zero-order valence-corrected chi connectivity index (χ0v) is 8.51. The molecule has 0 aliphatic carbocycles. The molecule has 1 aromatic heterocycles. The van der Waals surface area contributed by atoms with E-state index in [1.807, 2.05) is 12.1 Å². The van der Waals surface area contributed by atoms with E-state index in [1.54, 1.807) is 30.6 Å². The first-order valence-corrected chi connectivity index (χ1v) is 4.76. The molecule has 16 heavy (non-hydrogen) atoms. The van der Waals surface area contributed by atoms with Crippen LogP contribution in [-0.4, -0.2) is 4.98 Å². The molecule has 1 aromatic carbocycles. The number of aromatic nitrogens is 1. The number of hydrogen-bond acceptors (Lipinski definition) is 4. The molecule has 0 spiro atoms. The van der Waals surface area contributed by atoms with E-state index in [-0.39, 0.29) is 0 Å². The Labute approximate surface area is 93.4 Å². The molecule has 0 unspecified atom stereocenters. The molecule has 3 N–H and O–H groups in total. The molecule has 1 heterocycles. The van der Waals surface area contributed by atoms with Gasteiger partial charge in [0.2, 0.25) is 0 Å². The number of anilines is 3. The lowest BCUT2D eigenvalue weighted by Gasteiger charge is -2.07. The van der Waals surface area contributed by atoms with Gasteiger partial charge in [-0.2, -0.15) is 5.26 Å². The Morgan fingerprint density at radius 3 is 2.94 bits per heavy atom. The second-order valence-electron chi connectivity index (χ2n) is 3.28. The van der Waals surface area contributed by atoms with Gasteiger partial charge in [-0.05, 0) is 24.3 Å². The maximum absolute atomic E-state index is 8.91. The average Bonchev–Trinajstić information content (AvgIpc) is 2.30. The van der Waals surface area contributed by atoms with Gasteiger partial charge in [-0.25, -0.2) is 0 Å². The molecule has 4 heteroatoms. The fourth-order valence-electron chi connectivity index (χ4n) is 1.36. The smallest absolute Gasteiger partial charge is 0.101 e. The molecule has 4 nitrogen and oxygen atoms in total. The summed E-state index contributed by atoms with van der Waals surface area (Å²) in [6, 6.07) is 11.1. The Morgan fingerprint density at radius 1 is 1.31 bits per heavy atom. The molecule has 2 rings (SSSR count). The molecule has 0 bridgehead atoms. The highest BCUT2D eigenvalue weighted by atomic mass is 14.9. The number of nitrogens with two attached hydrogens (primary N) is 1. The Kier molecular flexibility index (Phi) is 2.70. The molecule has 0 aliphatic rings. The Bertz CT molecular complexity index is 543. The van der Waals surface area contributed by atoms with Crippen LogP contribution in [0.1, 0.15) is 5.56 Å². The first-order chi connectivity index (χ1) is 7.79. The minimum atomic E-state index is 0.553. The van der Waals surface area contributed by atoms with Gasteiger partial charge < -0.3 is 11.1 Å². The Balaban J connectivity index is 2.31. The standard InChI is InChI=1S/C12H10N4/c13-7-9-4-5-15-8-12(9)16-11-3-1-2-10(14)6-11/h1-6,8,16H,14H2. The van der Waals surface area contributed by atoms with Gasteiger partial charge >= 0.3 is 0 Å². The van der Waals surface area contributed by atoms with Crippen LogP contribution in [0.25, 0.3) is 0 Å². The summed E-state index contributed by atoms with van der Waals surface area (Å²) in [5.74, 6) is 0. The van der Waals surface area contributed by atoms with Crippen LogP contribution in [0, 0.1) is 11.3 Å². The summed E-state index contributed by atoms with van der Waals surface area (Å²) in [6.45, 7) is 0.